The maximum Gasteiger partial charge on any atom is 0.137 e. The van der Waals surface area contributed by atoms with E-state index in [9.17, 15) is 5.11 Å². The third-order valence-corrected chi connectivity index (χ3v) is 2.85. The van der Waals surface area contributed by atoms with Crippen LogP contribution in [0.4, 0.5) is 0 Å². The molecule has 0 bridgehead atoms. The lowest BCUT2D eigenvalue weighted by Gasteiger charge is -2.20. The van der Waals surface area contributed by atoms with Gasteiger partial charge in [0.05, 0.1) is 0 Å². The number of hydrogen-bond donors (Lipinski definition) is 1. The van der Waals surface area contributed by atoms with E-state index >= 15 is 0 Å². The average Bonchev–Trinajstić information content (AvgIpc) is 2.67. The van der Waals surface area contributed by atoms with Crippen LogP contribution in [0, 0.1) is 5.92 Å². The molecule has 0 aliphatic heterocycles. The lowest BCUT2D eigenvalue weighted by molar-refractivity contribution is 0.0913. The molecule has 1 atom stereocenters. The summed E-state index contributed by atoms with van der Waals surface area (Å²) in [5.41, 5.74) is 0. The van der Waals surface area contributed by atoms with Crippen LogP contribution in [0.5, 0.6) is 0 Å². The van der Waals surface area contributed by atoms with Gasteiger partial charge in [-0.25, -0.2) is 4.98 Å². The van der Waals surface area contributed by atoms with Gasteiger partial charge in [0.1, 0.15) is 11.9 Å². The van der Waals surface area contributed by atoms with E-state index in [1.807, 2.05) is 10.8 Å². The predicted molar refractivity (Wildman–Crippen MR) is 56.9 cm³/mol. The monoisotopic (exact) mass is 196 g/mol. The standard InChI is InChI=1S/C11H20N2O/c1-4-9(5-2)10(14)11-12-7-8-13(11)6-3/h7-10,14H,4-6H2,1-3H3. The Hall–Kier alpha value is -0.830. The average molecular weight is 196 g/mol. The first-order valence-corrected chi connectivity index (χ1v) is 5.43. The van der Waals surface area contributed by atoms with Gasteiger partial charge in [-0.3, -0.25) is 0 Å². The summed E-state index contributed by atoms with van der Waals surface area (Å²) in [5.74, 6) is 1.13. The molecule has 0 aromatic carbocycles. The number of rotatable bonds is 5. The van der Waals surface area contributed by atoms with Crippen molar-refractivity contribution in [2.45, 2.75) is 46.3 Å². The van der Waals surface area contributed by atoms with E-state index in [1.54, 1.807) is 6.20 Å². The molecule has 1 unspecified atom stereocenters. The highest BCUT2D eigenvalue weighted by Gasteiger charge is 2.21. The summed E-state index contributed by atoms with van der Waals surface area (Å²) in [6, 6.07) is 0. The van der Waals surface area contributed by atoms with Gasteiger partial charge in [0.15, 0.2) is 0 Å². The van der Waals surface area contributed by atoms with E-state index in [0.29, 0.717) is 5.92 Å². The van der Waals surface area contributed by atoms with Crippen LogP contribution in [0.3, 0.4) is 0 Å². The van der Waals surface area contributed by atoms with E-state index < -0.39 is 6.10 Å². The Balaban J connectivity index is 2.81. The summed E-state index contributed by atoms with van der Waals surface area (Å²) < 4.78 is 2.00. The van der Waals surface area contributed by atoms with Crippen molar-refractivity contribution < 1.29 is 5.11 Å². The van der Waals surface area contributed by atoms with E-state index in [-0.39, 0.29) is 0 Å². The molecule has 0 aliphatic rings. The van der Waals surface area contributed by atoms with Crippen LogP contribution in [0.1, 0.15) is 45.5 Å². The van der Waals surface area contributed by atoms with Crippen LogP contribution >= 0.6 is 0 Å². The first-order valence-electron chi connectivity index (χ1n) is 5.43. The van der Waals surface area contributed by atoms with Gasteiger partial charge in [0.2, 0.25) is 0 Å². The van der Waals surface area contributed by atoms with Crippen LogP contribution in [0.15, 0.2) is 12.4 Å². The second kappa shape index (κ2) is 5.15. The van der Waals surface area contributed by atoms with Crippen LogP contribution < -0.4 is 0 Å². The molecule has 80 valence electrons. The van der Waals surface area contributed by atoms with Crippen molar-refractivity contribution in [3.05, 3.63) is 18.2 Å². The zero-order valence-electron chi connectivity index (χ0n) is 9.27. The Bertz CT molecular complexity index is 266. The van der Waals surface area contributed by atoms with Crippen LogP contribution in [-0.4, -0.2) is 14.7 Å². The van der Waals surface area contributed by atoms with Gasteiger partial charge < -0.3 is 9.67 Å². The highest BCUT2D eigenvalue weighted by Crippen LogP contribution is 2.25. The lowest BCUT2D eigenvalue weighted by Crippen LogP contribution is -2.16. The lowest BCUT2D eigenvalue weighted by atomic mass is 9.96. The molecule has 1 heterocycles. The molecule has 0 aliphatic carbocycles. The minimum absolute atomic E-state index is 0.322. The number of hydrogen-bond acceptors (Lipinski definition) is 2. The molecule has 3 nitrogen and oxygen atoms in total. The summed E-state index contributed by atoms with van der Waals surface area (Å²) in [7, 11) is 0. The number of aliphatic hydroxyl groups excluding tert-OH is 1. The SMILES string of the molecule is CCC(CC)C(O)c1nccn1CC. The van der Waals surface area contributed by atoms with E-state index in [2.05, 4.69) is 25.8 Å². The molecule has 1 rings (SSSR count). The van der Waals surface area contributed by atoms with Crippen LogP contribution in [-0.2, 0) is 6.54 Å². The highest BCUT2D eigenvalue weighted by atomic mass is 16.3. The molecule has 0 amide bonds. The molecular formula is C11H20N2O. The third kappa shape index (κ3) is 2.15. The van der Waals surface area contributed by atoms with Crippen molar-refractivity contribution in [3.8, 4) is 0 Å². The summed E-state index contributed by atoms with van der Waals surface area (Å²) in [4.78, 5) is 4.22. The van der Waals surface area contributed by atoms with Crippen molar-refractivity contribution in [1.82, 2.24) is 9.55 Å². The minimum Gasteiger partial charge on any atom is -0.385 e. The molecule has 14 heavy (non-hydrogen) atoms. The zero-order valence-corrected chi connectivity index (χ0v) is 9.27. The predicted octanol–water partition coefficient (Wildman–Crippen LogP) is 2.37. The summed E-state index contributed by atoms with van der Waals surface area (Å²) in [5, 5.41) is 10.1. The van der Waals surface area contributed by atoms with Gasteiger partial charge >= 0.3 is 0 Å². The molecule has 0 saturated heterocycles. The fraction of sp³-hybridized carbons (Fsp3) is 0.727. The van der Waals surface area contributed by atoms with Crippen molar-refractivity contribution in [1.29, 1.82) is 0 Å². The van der Waals surface area contributed by atoms with Gasteiger partial charge in [-0.15, -0.1) is 0 Å². The zero-order chi connectivity index (χ0) is 10.6. The smallest absolute Gasteiger partial charge is 0.137 e. The molecule has 0 radical (unpaired) electrons. The van der Waals surface area contributed by atoms with Crippen molar-refractivity contribution in [2.75, 3.05) is 0 Å². The minimum atomic E-state index is -0.417. The Labute approximate surface area is 85.8 Å². The van der Waals surface area contributed by atoms with Crippen molar-refractivity contribution in [2.24, 2.45) is 5.92 Å². The highest BCUT2D eigenvalue weighted by molar-refractivity contribution is 4.98. The number of nitrogens with zero attached hydrogens (tertiary/aromatic N) is 2. The molecule has 3 heteroatoms. The van der Waals surface area contributed by atoms with Gasteiger partial charge in [-0.2, -0.15) is 0 Å². The molecule has 1 aromatic rings. The Kier molecular flexibility index (Phi) is 4.14. The van der Waals surface area contributed by atoms with Crippen LogP contribution in [0.25, 0.3) is 0 Å². The first kappa shape index (κ1) is 11.2. The fourth-order valence-corrected chi connectivity index (χ4v) is 1.80. The summed E-state index contributed by atoms with van der Waals surface area (Å²) in [6.45, 7) is 7.14. The molecular weight excluding hydrogens is 176 g/mol. The Morgan fingerprint density at radius 3 is 2.50 bits per heavy atom. The number of aryl methyl sites for hydroxylation is 1. The third-order valence-electron chi connectivity index (χ3n) is 2.85. The molecule has 1 aromatic heterocycles. The summed E-state index contributed by atoms with van der Waals surface area (Å²) >= 11 is 0. The maximum absolute atomic E-state index is 10.1. The Morgan fingerprint density at radius 2 is 2.00 bits per heavy atom. The quantitative estimate of drug-likeness (QED) is 0.785. The van der Waals surface area contributed by atoms with E-state index in [0.717, 1.165) is 25.2 Å². The number of aliphatic hydroxyl groups is 1. The van der Waals surface area contributed by atoms with E-state index in [1.165, 1.54) is 0 Å². The van der Waals surface area contributed by atoms with Crippen molar-refractivity contribution >= 4 is 0 Å². The molecule has 1 N–H and O–H groups in total. The van der Waals surface area contributed by atoms with Gasteiger partial charge in [0, 0.05) is 18.9 Å². The maximum atomic E-state index is 10.1. The van der Waals surface area contributed by atoms with Gasteiger partial charge in [0.25, 0.3) is 0 Å². The van der Waals surface area contributed by atoms with Crippen molar-refractivity contribution in [3.63, 3.8) is 0 Å². The van der Waals surface area contributed by atoms with Gasteiger partial charge in [-0.05, 0) is 12.8 Å². The normalized spacial score (nSPS) is 13.5. The second-order valence-electron chi connectivity index (χ2n) is 3.59. The second-order valence-corrected chi connectivity index (χ2v) is 3.59. The fourth-order valence-electron chi connectivity index (χ4n) is 1.80. The largest absolute Gasteiger partial charge is 0.385 e. The topological polar surface area (TPSA) is 38.1 Å². The van der Waals surface area contributed by atoms with Gasteiger partial charge in [-0.1, -0.05) is 26.7 Å². The first-order chi connectivity index (χ1) is 6.74. The molecule has 0 saturated carbocycles. The number of imidazole rings is 1. The molecule has 0 fully saturated rings. The number of aromatic nitrogens is 2. The Morgan fingerprint density at radius 1 is 1.36 bits per heavy atom. The summed E-state index contributed by atoms with van der Waals surface area (Å²) in [6.07, 6.45) is 5.24. The molecule has 0 spiro atoms. The van der Waals surface area contributed by atoms with Crippen LogP contribution in [0.2, 0.25) is 0 Å². The van der Waals surface area contributed by atoms with E-state index in [4.69, 9.17) is 0 Å².